The molecule has 1 aromatic heterocycles. The zero-order valence-electron chi connectivity index (χ0n) is 11.9. The Morgan fingerprint density at radius 2 is 2.09 bits per heavy atom. The first-order valence-corrected chi connectivity index (χ1v) is 6.90. The van der Waals surface area contributed by atoms with Crippen LogP contribution in [0.4, 0.5) is 14.6 Å². The molecule has 23 heavy (non-hydrogen) atoms. The minimum absolute atomic E-state index is 0.0785. The molecule has 0 unspecified atom stereocenters. The van der Waals surface area contributed by atoms with E-state index in [1.165, 1.54) is 6.07 Å². The number of anilines is 1. The molecule has 0 saturated carbocycles. The minimum atomic E-state index is -3.63. The number of nitrogens with zero attached hydrogens (tertiary/aromatic N) is 2. The van der Waals surface area contributed by atoms with Crippen LogP contribution in [0.1, 0.15) is 11.8 Å². The second kappa shape index (κ2) is 5.71. The molecule has 2 aromatic rings. The number of rotatable bonds is 3. The van der Waals surface area contributed by atoms with Crippen molar-refractivity contribution in [3.8, 4) is 0 Å². The van der Waals surface area contributed by atoms with E-state index in [2.05, 4.69) is 11.1 Å². The molecule has 0 bridgehead atoms. The van der Waals surface area contributed by atoms with E-state index >= 15 is 0 Å². The first kappa shape index (κ1) is 15.6. The number of hydrogen-bond acceptors (Lipinski definition) is 5. The molecule has 6 nitrogen and oxygen atoms in total. The summed E-state index contributed by atoms with van der Waals surface area (Å²) in [5.41, 5.74) is 5.10. The van der Waals surface area contributed by atoms with Crippen LogP contribution < -0.4 is 11.4 Å². The third-order valence-electron chi connectivity index (χ3n) is 3.71. The average molecular weight is 322 g/mol. The van der Waals surface area contributed by atoms with Gasteiger partial charge in [-0.1, -0.05) is 24.3 Å². The van der Waals surface area contributed by atoms with Crippen molar-refractivity contribution >= 4 is 5.82 Å². The van der Waals surface area contributed by atoms with Crippen LogP contribution in [0.25, 0.3) is 0 Å². The molecule has 2 heterocycles. The molecule has 3 rings (SSSR count). The number of hydrogen-bond donors (Lipinski definition) is 2. The zero-order valence-corrected chi connectivity index (χ0v) is 11.9. The maximum atomic E-state index is 14.3. The lowest BCUT2D eigenvalue weighted by atomic mass is 10.0. The van der Waals surface area contributed by atoms with Crippen LogP contribution in [0.15, 0.2) is 41.3 Å². The lowest BCUT2D eigenvalue weighted by Gasteiger charge is -2.20. The summed E-state index contributed by atoms with van der Waals surface area (Å²) in [7, 11) is 0. The number of ether oxygens (including phenoxy) is 1. The number of aliphatic hydroxyl groups is 1. The molecule has 1 aromatic carbocycles. The Morgan fingerprint density at radius 3 is 2.74 bits per heavy atom. The van der Waals surface area contributed by atoms with E-state index in [9.17, 15) is 18.7 Å². The second-order valence-electron chi connectivity index (χ2n) is 5.30. The van der Waals surface area contributed by atoms with Gasteiger partial charge in [0, 0.05) is 12.6 Å². The van der Waals surface area contributed by atoms with Gasteiger partial charge in [0.1, 0.15) is 11.9 Å². The molecule has 1 fully saturated rings. The van der Waals surface area contributed by atoms with E-state index in [-0.39, 0.29) is 12.2 Å². The van der Waals surface area contributed by atoms with E-state index in [4.69, 9.17) is 10.5 Å². The van der Waals surface area contributed by atoms with Gasteiger partial charge in [0.2, 0.25) is 6.23 Å². The summed E-state index contributed by atoms with van der Waals surface area (Å²) < 4.78 is 34.6. The fourth-order valence-corrected chi connectivity index (χ4v) is 2.53. The van der Waals surface area contributed by atoms with Crippen LogP contribution in [-0.4, -0.2) is 32.8 Å². The lowest BCUT2D eigenvalue weighted by molar-refractivity contribution is -0.140. The number of aliphatic hydroxyl groups excluding tert-OH is 1. The largest absolute Gasteiger partial charge is 0.384 e. The molecule has 1 aliphatic rings. The highest BCUT2D eigenvalue weighted by Gasteiger charge is 2.59. The van der Waals surface area contributed by atoms with Crippen molar-refractivity contribution in [3.63, 3.8) is 0 Å². The summed E-state index contributed by atoms with van der Waals surface area (Å²) in [5.74, 6) is -3.71. The van der Waals surface area contributed by atoms with Crippen molar-refractivity contribution in [3.05, 3.63) is 58.6 Å². The Kier molecular flexibility index (Phi) is 3.87. The first-order chi connectivity index (χ1) is 10.9. The monoisotopic (exact) mass is 322 g/mol. The summed E-state index contributed by atoms with van der Waals surface area (Å²) in [4.78, 5) is 15.2. The van der Waals surface area contributed by atoms with Crippen LogP contribution in [0.5, 0.6) is 0 Å². The lowest BCUT2D eigenvalue weighted by Crippen LogP contribution is -2.41. The third kappa shape index (κ3) is 2.82. The number of halogens is 2. The smallest absolute Gasteiger partial charge is 0.351 e. The molecule has 0 amide bonds. The fraction of sp³-hybridized carbons (Fsp3) is 0.333. The average Bonchev–Trinajstić information content (AvgIpc) is 2.72. The van der Waals surface area contributed by atoms with Crippen molar-refractivity contribution in [2.24, 2.45) is 0 Å². The van der Waals surface area contributed by atoms with Gasteiger partial charge >= 0.3 is 11.6 Å². The molecule has 3 atom stereocenters. The minimum Gasteiger partial charge on any atom is -0.384 e. The summed E-state index contributed by atoms with van der Waals surface area (Å²) in [6.07, 6.45) is -3.96. The highest BCUT2D eigenvalue weighted by atomic mass is 19.3. The highest BCUT2D eigenvalue weighted by molar-refractivity contribution is 5.24. The predicted molar refractivity (Wildman–Crippen MR) is 76.8 cm³/mol. The van der Waals surface area contributed by atoms with E-state index in [0.29, 0.717) is 10.1 Å². The zero-order chi connectivity index (χ0) is 16.6. The molecule has 1 aliphatic heterocycles. The van der Waals surface area contributed by atoms with Gasteiger partial charge in [-0.3, -0.25) is 4.57 Å². The Hall–Kier alpha value is -2.32. The maximum absolute atomic E-state index is 14.3. The van der Waals surface area contributed by atoms with Crippen LogP contribution in [0.3, 0.4) is 0 Å². The number of benzene rings is 1. The molecule has 8 heteroatoms. The highest BCUT2D eigenvalue weighted by Crippen LogP contribution is 2.43. The van der Waals surface area contributed by atoms with Crippen LogP contribution in [0, 0.1) is 6.07 Å². The Bertz CT molecular complexity index is 751. The summed E-state index contributed by atoms with van der Waals surface area (Å²) in [6.45, 7) is 0. The molecule has 121 valence electrons. The van der Waals surface area contributed by atoms with Gasteiger partial charge in [-0.2, -0.15) is 13.8 Å². The van der Waals surface area contributed by atoms with Gasteiger partial charge in [0.15, 0.2) is 0 Å². The van der Waals surface area contributed by atoms with Crippen LogP contribution in [-0.2, 0) is 11.2 Å². The normalized spacial score (nSPS) is 26.3. The molecule has 0 aliphatic carbocycles. The molecule has 1 saturated heterocycles. The van der Waals surface area contributed by atoms with Crippen LogP contribution in [0.2, 0.25) is 0 Å². The fourth-order valence-electron chi connectivity index (χ4n) is 2.53. The summed E-state index contributed by atoms with van der Waals surface area (Å²) in [6, 6.07) is 10.7. The van der Waals surface area contributed by atoms with Crippen molar-refractivity contribution in [2.75, 3.05) is 5.73 Å². The van der Waals surface area contributed by atoms with E-state index in [1.807, 2.05) is 0 Å². The molecular formula is C15H14F2N3O3. The number of nitrogen functional groups attached to an aromatic ring is 1. The van der Waals surface area contributed by atoms with Gasteiger partial charge in [0.05, 0.1) is 6.10 Å². The summed E-state index contributed by atoms with van der Waals surface area (Å²) in [5, 5.41) is 9.91. The SMILES string of the molecule is Nc1ccn([C@@H]2O[C@H](Cc3cc[c]cc3)[C@@H](O)C2(F)F)c(=O)n1. The first-order valence-electron chi connectivity index (χ1n) is 6.90. The van der Waals surface area contributed by atoms with Gasteiger partial charge in [-0.05, 0) is 17.7 Å². The van der Waals surface area contributed by atoms with Crippen molar-refractivity contribution in [2.45, 2.75) is 30.8 Å². The topological polar surface area (TPSA) is 90.4 Å². The Balaban J connectivity index is 1.89. The van der Waals surface area contributed by atoms with E-state index in [0.717, 1.165) is 6.20 Å². The predicted octanol–water partition coefficient (Wildman–Crippen LogP) is 0.762. The van der Waals surface area contributed by atoms with E-state index in [1.54, 1.807) is 24.3 Å². The Labute approximate surface area is 130 Å². The van der Waals surface area contributed by atoms with E-state index < -0.39 is 30.0 Å². The standard InChI is InChI=1S/C15H14F2N3O3/c16-15(17)12(21)10(8-9-4-2-1-3-5-9)23-13(15)20-7-6-11(18)19-14(20)22/h2-7,10,12-13,21H,8H2,(H2,18,19,22)/t10-,12-,13-/m1/s1. The van der Waals surface area contributed by atoms with Gasteiger partial charge in [-0.15, -0.1) is 0 Å². The third-order valence-corrected chi connectivity index (χ3v) is 3.71. The molecule has 0 spiro atoms. The van der Waals surface area contributed by atoms with Gasteiger partial charge in [0.25, 0.3) is 0 Å². The van der Waals surface area contributed by atoms with Crippen LogP contribution >= 0.6 is 0 Å². The maximum Gasteiger partial charge on any atom is 0.351 e. The van der Waals surface area contributed by atoms with Gasteiger partial charge < -0.3 is 15.6 Å². The Morgan fingerprint density at radius 1 is 1.39 bits per heavy atom. The number of alkyl halides is 2. The molecule has 3 N–H and O–H groups in total. The number of aromatic nitrogens is 2. The second-order valence-corrected chi connectivity index (χ2v) is 5.30. The summed E-state index contributed by atoms with van der Waals surface area (Å²) >= 11 is 0. The molecule has 1 radical (unpaired) electrons. The molecular weight excluding hydrogens is 308 g/mol. The van der Waals surface area contributed by atoms with Crippen molar-refractivity contribution in [1.29, 1.82) is 0 Å². The van der Waals surface area contributed by atoms with Crippen molar-refractivity contribution < 1.29 is 18.6 Å². The van der Waals surface area contributed by atoms with Gasteiger partial charge in [-0.25, -0.2) is 4.79 Å². The number of nitrogens with two attached hydrogens (primary N) is 1. The quantitative estimate of drug-likeness (QED) is 0.871. The van der Waals surface area contributed by atoms with Crippen molar-refractivity contribution in [1.82, 2.24) is 9.55 Å².